The van der Waals surface area contributed by atoms with Crippen molar-refractivity contribution < 1.29 is 0 Å². The Morgan fingerprint density at radius 1 is 1.33 bits per heavy atom. The molecule has 0 saturated heterocycles. The zero-order valence-electron chi connectivity index (χ0n) is 10.6. The molecular weight excluding hydrogens is 224 g/mol. The van der Waals surface area contributed by atoms with Gasteiger partial charge in [0, 0.05) is 6.04 Å². The van der Waals surface area contributed by atoms with Gasteiger partial charge >= 0.3 is 0 Å². The van der Waals surface area contributed by atoms with Gasteiger partial charge in [-0.1, -0.05) is 12.1 Å². The summed E-state index contributed by atoms with van der Waals surface area (Å²) in [6.45, 7) is 3.36. The number of hydrogen-bond donors (Lipinski definition) is 1. The minimum atomic E-state index is 0.412. The maximum absolute atomic E-state index is 4.12. The van der Waals surface area contributed by atoms with Gasteiger partial charge in [0.25, 0.3) is 0 Å². The SMILES string of the molecule is CC(NCC1CC1)c1ccc(-n2cncn2)cc1. The second-order valence-corrected chi connectivity index (χ2v) is 5.00. The number of rotatable bonds is 5. The van der Waals surface area contributed by atoms with Crippen molar-refractivity contribution in [1.29, 1.82) is 0 Å². The Labute approximate surface area is 107 Å². The third-order valence-electron chi connectivity index (χ3n) is 3.49. The molecule has 1 aromatic carbocycles. The first-order valence-corrected chi connectivity index (χ1v) is 6.51. The van der Waals surface area contributed by atoms with Crippen molar-refractivity contribution in [2.24, 2.45) is 5.92 Å². The fourth-order valence-electron chi connectivity index (χ4n) is 2.04. The molecule has 0 radical (unpaired) electrons. The van der Waals surface area contributed by atoms with Gasteiger partial charge in [-0.3, -0.25) is 0 Å². The first kappa shape index (κ1) is 11.4. The first-order chi connectivity index (χ1) is 8.83. The van der Waals surface area contributed by atoms with E-state index in [-0.39, 0.29) is 0 Å². The van der Waals surface area contributed by atoms with Crippen LogP contribution in [0.15, 0.2) is 36.9 Å². The van der Waals surface area contributed by atoms with E-state index in [9.17, 15) is 0 Å². The number of hydrogen-bond acceptors (Lipinski definition) is 3. The molecule has 4 nitrogen and oxygen atoms in total. The standard InChI is InChI=1S/C14H18N4/c1-11(16-8-12-2-3-12)13-4-6-14(7-5-13)18-10-15-9-17-18/h4-7,9-12,16H,2-3,8H2,1H3. The highest BCUT2D eigenvalue weighted by Gasteiger charge is 2.21. The average molecular weight is 242 g/mol. The van der Waals surface area contributed by atoms with E-state index >= 15 is 0 Å². The van der Waals surface area contributed by atoms with Crippen LogP contribution < -0.4 is 5.32 Å². The summed E-state index contributed by atoms with van der Waals surface area (Å²) in [6.07, 6.45) is 6.05. The van der Waals surface area contributed by atoms with E-state index in [1.165, 1.54) is 18.4 Å². The Kier molecular flexibility index (Phi) is 3.11. The van der Waals surface area contributed by atoms with Gasteiger partial charge in [0.05, 0.1) is 5.69 Å². The maximum Gasteiger partial charge on any atom is 0.138 e. The Bertz CT molecular complexity index is 485. The van der Waals surface area contributed by atoms with E-state index in [0.29, 0.717) is 6.04 Å². The number of aromatic nitrogens is 3. The third kappa shape index (κ3) is 2.59. The third-order valence-corrected chi connectivity index (χ3v) is 3.49. The molecule has 1 unspecified atom stereocenters. The van der Waals surface area contributed by atoms with Gasteiger partial charge in [0.15, 0.2) is 0 Å². The van der Waals surface area contributed by atoms with E-state index < -0.39 is 0 Å². The number of nitrogens with zero attached hydrogens (tertiary/aromatic N) is 3. The lowest BCUT2D eigenvalue weighted by Gasteiger charge is -2.14. The van der Waals surface area contributed by atoms with Crippen molar-refractivity contribution in [3.63, 3.8) is 0 Å². The van der Waals surface area contributed by atoms with Gasteiger partial charge < -0.3 is 5.32 Å². The van der Waals surface area contributed by atoms with E-state index in [1.54, 1.807) is 17.3 Å². The highest BCUT2D eigenvalue weighted by atomic mass is 15.3. The molecule has 4 heteroatoms. The van der Waals surface area contributed by atoms with Crippen LogP contribution in [0.25, 0.3) is 5.69 Å². The monoisotopic (exact) mass is 242 g/mol. The predicted octanol–water partition coefficient (Wildman–Crippen LogP) is 2.33. The molecule has 1 heterocycles. The van der Waals surface area contributed by atoms with E-state index in [4.69, 9.17) is 0 Å². The quantitative estimate of drug-likeness (QED) is 0.875. The minimum Gasteiger partial charge on any atom is -0.310 e. The van der Waals surface area contributed by atoms with Gasteiger partial charge in [-0.25, -0.2) is 9.67 Å². The lowest BCUT2D eigenvalue weighted by molar-refractivity contribution is 0.549. The van der Waals surface area contributed by atoms with Crippen molar-refractivity contribution in [3.05, 3.63) is 42.5 Å². The van der Waals surface area contributed by atoms with E-state index in [0.717, 1.165) is 18.2 Å². The second kappa shape index (κ2) is 4.90. The zero-order valence-corrected chi connectivity index (χ0v) is 10.6. The van der Waals surface area contributed by atoms with Crippen LogP contribution >= 0.6 is 0 Å². The topological polar surface area (TPSA) is 42.7 Å². The number of nitrogens with one attached hydrogen (secondary N) is 1. The molecule has 18 heavy (non-hydrogen) atoms. The van der Waals surface area contributed by atoms with Crippen LogP contribution in [-0.4, -0.2) is 21.3 Å². The maximum atomic E-state index is 4.12. The molecule has 1 aliphatic carbocycles. The summed E-state index contributed by atoms with van der Waals surface area (Å²) < 4.78 is 1.77. The highest BCUT2D eigenvalue weighted by Crippen LogP contribution is 2.28. The van der Waals surface area contributed by atoms with Crippen molar-refractivity contribution in [2.45, 2.75) is 25.8 Å². The molecule has 0 bridgehead atoms. The van der Waals surface area contributed by atoms with Gasteiger partial charge in [0.2, 0.25) is 0 Å². The predicted molar refractivity (Wildman–Crippen MR) is 70.5 cm³/mol. The molecule has 3 rings (SSSR count). The zero-order chi connectivity index (χ0) is 12.4. The summed E-state index contributed by atoms with van der Waals surface area (Å²) in [6, 6.07) is 8.89. The Balaban J connectivity index is 1.66. The summed E-state index contributed by atoms with van der Waals surface area (Å²) in [7, 11) is 0. The Hall–Kier alpha value is -1.68. The Morgan fingerprint density at radius 3 is 2.72 bits per heavy atom. The molecule has 1 fully saturated rings. The van der Waals surface area contributed by atoms with Gasteiger partial charge in [-0.15, -0.1) is 0 Å². The van der Waals surface area contributed by atoms with Crippen molar-refractivity contribution >= 4 is 0 Å². The molecule has 94 valence electrons. The fourth-order valence-corrected chi connectivity index (χ4v) is 2.04. The molecule has 1 atom stereocenters. The van der Waals surface area contributed by atoms with E-state index in [1.807, 2.05) is 0 Å². The Morgan fingerprint density at radius 2 is 2.11 bits per heavy atom. The lowest BCUT2D eigenvalue weighted by Crippen LogP contribution is -2.21. The molecule has 0 spiro atoms. The highest BCUT2D eigenvalue weighted by molar-refractivity contribution is 5.34. The smallest absolute Gasteiger partial charge is 0.138 e. The molecule has 0 aliphatic heterocycles. The van der Waals surface area contributed by atoms with Crippen molar-refractivity contribution in [3.8, 4) is 5.69 Å². The second-order valence-electron chi connectivity index (χ2n) is 5.00. The normalized spacial score (nSPS) is 16.7. The van der Waals surface area contributed by atoms with Crippen LogP contribution in [0.1, 0.15) is 31.4 Å². The van der Waals surface area contributed by atoms with Crippen LogP contribution in [0.5, 0.6) is 0 Å². The van der Waals surface area contributed by atoms with Crippen molar-refractivity contribution in [2.75, 3.05) is 6.54 Å². The molecule has 1 aliphatic rings. The van der Waals surface area contributed by atoms with Crippen molar-refractivity contribution in [1.82, 2.24) is 20.1 Å². The fraction of sp³-hybridized carbons (Fsp3) is 0.429. The molecule has 1 N–H and O–H groups in total. The van der Waals surface area contributed by atoms with E-state index in [2.05, 4.69) is 46.6 Å². The lowest BCUT2D eigenvalue weighted by atomic mass is 10.1. The van der Waals surface area contributed by atoms with Crippen LogP contribution in [0.2, 0.25) is 0 Å². The summed E-state index contributed by atoms with van der Waals surface area (Å²) in [5, 5.41) is 7.70. The van der Waals surface area contributed by atoms with Crippen LogP contribution in [0.3, 0.4) is 0 Å². The molecule has 1 saturated carbocycles. The molecule has 1 aromatic heterocycles. The largest absolute Gasteiger partial charge is 0.310 e. The molecule has 0 amide bonds. The summed E-state index contributed by atoms with van der Waals surface area (Å²) in [5.74, 6) is 0.918. The van der Waals surface area contributed by atoms with Crippen LogP contribution in [0.4, 0.5) is 0 Å². The first-order valence-electron chi connectivity index (χ1n) is 6.51. The average Bonchev–Trinajstić information content (AvgIpc) is 3.08. The van der Waals surface area contributed by atoms with Crippen LogP contribution in [-0.2, 0) is 0 Å². The summed E-state index contributed by atoms with van der Waals surface area (Å²) >= 11 is 0. The minimum absolute atomic E-state index is 0.412. The van der Waals surface area contributed by atoms with Gasteiger partial charge in [-0.2, -0.15) is 5.10 Å². The molecular formula is C14H18N4. The summed E-state index contributed by atoms with van der Waals surface area (Å²) in [5.41, 5.74) is 2.37. The summed E-state index contributed by atoms with van der Waals surface area (Å²) in [4.78, 5) is 3.95. The van der Waals surface area contributed by atoms with Crippen LogP contribution in [0, 0.1) is 5.92 Å². The number of benzene rings is 1. The van der Waals surface area contributed by atoms with Gasteiger partial charge in [-0.05, 0) is 49.9 Å². The van der Waals surface area contributed by atoms with Gasteiger partial charge in [0.1, 0.15) is 12.7 Å². The molecule has 2 aromatic rings.